The number of aromatic hydroxyl groups is 1. The lowest BCUT2D eigenvalue weighted by Gasteiger charge is -2.08. The Hall–Kier alpha value is -4.72. The molecule has 5 rings (SSSR count). The highest BCUT2D eigenvalue weighted by atomic mass is 16.6. The number of non-ortho nitro benzene ring substituents is 1. The van der Waals surface area contributed by atoms with Crippen LogP contribution in [0.3, 0.4) is 0 Å². The van der Waals surface area contributed by atoms with Crippen molar-refractivity contribution in [3.05, 3.63) is 106 Å². The van der Waals surface area contributed by atoms with Gasteiger partial charge in [-0.05, 0) is 25.1 Å². The van der Waals surface area contributed by atoms with Crippen molar-refractivity contribution in [1.82, 2.24) is 15.0 Å². The van der Waals surface area contributed by atoms with Crippen molar-refractivity contribution in [2.75, 3.05) is 0 Å². The Bertz CT molecular complexity index is 1520. The number of aliphatic imine (C=N–C) groups is 1. The molecule has 0 aliphatic rings. The lowest BCUT2D eigenvalue weighted by Crippen LogP contribution is -2.03. The molecular formula is C25H19N5O3. The van der Waals surface area contributed by atoms with E-state index in [4.69, 9.17) is 4.99 Å². The second-order valence-corrected chi connectivity index (χ2v) is 7.59. The summed E-state index contributed by atoms with van der Waals surface area (Å²) in [6, 6.07) is 21.5. The first-order valence-electron chi connectivity index (χ1n) is 10.3. The summed E-state index contributed by atoms with van der Waals surface area (Å²) in [5.74, 6) is 0.711. The van der Waals surface area contributed by atoms with Gasteiger partial charge in [0.25, 0.3) is 5.69 Å². The maximum atomic E-state index is 11.4. The van der Waals surface area contributed by atoms with Gasteiger partial charge in [0.05, 0.1) is 33.8 Å². The molecule has 3 N–H and O–H groups in total. The second kappa shape index (κ2) is 8.08. The van der Waals surface area contributed by atoms with Crippen molar-refractivity contribution in [2.45, 2.75) is 6.92 Å². The largest absolute Gasteiger partial charge is 0.494 e. The third-order valence-electron chi connectivity index (χ3n) is 5.36. The molecule has 0 unspecified atom stereocenters. The van der Waals surface area contributed by atoms with Gasteiger partial charge in [0.2, 0.25) is 0 Å². The molecule has 8 heteroatoms. The summed E-state index contributed by atoms with van der Waals surface area (Å²) in [6.45, 7) is 1.89. The fourth-order valence-electron chi connectivity index (χ4n) is 3.82. The van der Waals surface area contributed by atoms with E-state index in [9.17, 15) is 15.2 Å². The Kier molecular flexibility index (Phi) is 4.95. The first-order valence-corrected chi connectivity index (χ1v) is 10.3. The van der Waals surface area contributed by atoms with Crippen LogP contribution >= 0.6 is 0 Å². The summed E-state index contributed by atoms with van der Waals surface area (Å²) in [5, 5.41) is 22.7. The highest BCUT2D eigenvalue weighted by molar-refractivity contribution is 6.22. The molecule has 0 spiro atoms. The minimum Gasteiger partial charge on any atom is -0.494 e. The Labute approximate surface area is 188 Å². The van der Waals surface area contributed by atoms with Crippen LogP contribution in [0.2, 0.25) is 0 Å². The van der Waals surface area contributed by atoms with Crippen LogP contribution < -0.4 is 0 Å². The number of hydrogen-bond acceptors (Lipinski definition) is 5. The molecule has 5 aromatic rings. The van der Waals surface area contributed by atoms with Crippen LogP contribution in [0, 0.1) is 17.0 Å². The molecule has 33 heavy (non-hydrogen) atoms. The number of H-pyrrole nitrogens is 2. The van der Waals surface area contributed by atoms with E-state index in [0.717, 1.165) is 22.6 Å². The number of aromatic nitrogens is 3. The maximum absolute atomic E-state index is 11.4. The van der Waals surface area contributed by atoms with Crippen molar-refractivity contribution in [1.29, 1.82) is 0 Å². The van der Waals surface area contributed by atoms with Crippen LogP contribution in [0.15, 0.2) is 84.0 Å². The maximum Gasteiger partial charge on any atom is 0.270 e. The van der Waals surface area contributed by atoms with E-state index in [1.165, 1.54) is 12.1 Å². The first kappa shape index (κ1) is 20.2. The molecule has 3 aromatic carbocycles. The number of nitro groups is 1. The van der Waals surface area contributed by atoms with Crippen molar-refractivity contribution in [3.8, 4) is 17.1 Å². The van der Waals surface area contributed by atoms with E-state index in [0.29, 0.717) is 27.9 Å². The van der Waals surface area contributed by atoms with Crippen LogP contribution in [-0.2, 0) is 0 Å². The average Bonchev–Trinajstić information content (AvgIpc) is 3.40. The molecule has 0 saturated heterocycles. The molecule has 2 heterocycles. The van der Waals surface area contributed by atoms with Crippen molar-refractivity contribution < 1.29 is 10.0 Å². The fourth-order valence-corrected chi connectivity index (χ4v) is 3.82. The third kappa shape index (κ3) is 3.85. The van der Waals surface area contributed by atoms with Gasteiger partial charge < -0.3 is 15.1 Å². The van der Waals surface area contributed by atoms with Crippen LogP contribution in [0.4, 0.5) is 11.4 Å². The van der Waals surface area contributed by atoms with Crippen LogP contribution in [0.25, 0.3) is 22.2 Å². The van der Waals surface area contributed by atoms with Gasteiger partial charge in [-0.25, -0.2) is 9.98 Å². The van der Waals surface area contributed by atoms with E-state index in [-0.39, 0.29) is 11.6 Å². The Morgan fingerprint density at radius 3 is 2.58 bits per heavy atom. The predicted octanol–water partition coefficient (Wildman–Crippen LogP) is 5.65. The molecule has 162 valence electrons. The predicted molar refractivity (Wildman–Crippen MR) is 127 cm³/mol. The Balaban J connectivity index is 1.72. The summed E-state index contributed by atoms with van der Waals surface area (Å²) >= 11 is 0. The summed E-state index contributed by atoms with van der Waals surface area (Å²) in [7, 11) is 0. The summed E-state index contributed by atoms with van der Waals surface area (Å²) in [6.07, 6.45) is 1.76. The molecule has 0 bridgehead atoms. The van der Waals surface area contributed by atoms with Gasteiger partial charge >= 0.3 is 0 Å². The normalized spacial score (nSPS) is 11.7. The monoisotopic (exact) mass is 437 g/mol. The number of aromatic amines is 2. The molecule has 0 atom stereocenters. The minimum absolute atomic E-state index is 0.0632. The zero-order valence-electron chi connectivity index (χ0n) is 17.6. The molecule has 0 fully saturated rings. The second-order valence-electron chi connectivity index (χ2n) is 7.59. The van der Waals surface area contributed by atoms with Gasteiger partial charge in [-0.15, -0.1) is 0 Å². The number of nitrogens with zero attached hydrogens (tertiary/aromatic N) is 3. The van der Waals surface area contributed by atoms with Crippen molar-refractivity contribution in [2.24, 2.45) is 4.99 Å². The number of benzene rings is 3. The van der Waals surface area contributed by atoms with E-state index in [2.05, 4.69) is 15.0 Å². The SMILES string of the molecule is Cc1ncc(-c2cccc(N=C(c3ccccc3)c3c(O)[nH]c4ccc([N+](=O)[O-])cc34)c2)[nH]1. The molecule has 0 amide bonds. The number of hydrogen-bond donors (Lipinski definition) is 3. The molecule has 8 nitrogen and oxygen atoms in total. The summed E-state index contributed by atoms with van der Waals surface area (Å²) < 4.78 is 0. The number of imidazole rings is 1. The van der Waals surface area contributed by atoms with Gasteiger partial charge in [0.15, 0.2) is 5.88 Å². The number of aryl methyl sites for hydroxylation is 1. The van der Waals surface area contributed by atoms with Crippen LogP contribution in [0.5, 0.6) is 5.88 Å². The molecule has 0 aliphatic carbocycles. The average molecular weight is 437 g/mol. The van der Waals surface area contributed by atoms with Gasteiger partial charge in [0, 0.05) is 34.2 Å². The van der Waals surface area contributed by atoms with Crippen molar-refractivity contribution in [3.63, 3.8) is 0 Å². The topological polar surface area (TPSA) is 120 Å². The van der Waals surface area contributed by atoms with Gasteiger partial charge in [-0.3, -0.25) is 10.1 Å². The van der Waals surface area contributed by atoms with Crippen LogP contribution in [0.1, 0.15) is 17.0 Å². The zero-order chi connectivity index (χ0) is 22.9. The van der Waals surface area contributed by atoms with E-state index in [1.807, 2.05) is 61.5 Å². The Morgan fingerprint density at radius 2 is 1.85 bits per heavy atom. The highest BCUT2D eigenvalue weighted by Crippen LogP contribution is 2.34. The third-order valence-corrected chi connectivity index (χ3v) is 5.36. The van der Waals surface area contributed by atoms with Crippen LogP contribution in [-0.4, -0.2) is 30.7 Å². The fraction of sp³-hybridized carbons (Fsp3) is 0.0400. The lowest BCUT2D eigenvalue weighted by molar-refractivity contribution is -0.384. The Morgan fingerprint density at radius 1 is 1.03 bits per heavy atom. The number of nitrogens with one attached hydrogen (secondary N) is 2. The summed E-state index contributed by atoms with van der Waals surface area (Å²) in [5.41, 5.74) is 4.64. The number of rotatable bonds is 5. The van der Waals surface area contributed by atoms with Crippen molar-refractivity contribution >= 4 is 28.0 Å². The molecule has 0 saturated carbocycles. The van der Waals surface area contributed by atoms with Gasteiger partial charge in [-0.1, -0.05) is 42.5 Å². The smallest absolute Gasteiger partial charge is 0.270 e. The molecule has 2 aromatic heterocycles. The van der Waals surface area contributed by atoms with E-state index >= 15 is 0 Å². The van der Waals surface area contributed by atoms with Gasteiger partial charge in [-0.2, -0.15) is 0 Å². The van der Waals surface area contributed by atoms with Gasteiger partial charge in [0.1, 0.15) is 5.82 Å². The van der Waals surface area contributed by atoms with E-state index < -0.39 is 4.92 Å². The lowest BCUT2D eigenvalue weighted by atomic mass is 10.0. The quantitative estimate of drug-likeness (QED) is 0.187. The minimum atomic E-state index is -0.456. The first-order chi connectivity index (χ1) is 16.0. The zero-order valence-corrected chi connectivity index (χ0v) is 17.6. The summed E-state index contributed by atoms with van der Waals surface area (Å²) in [4.78, 5) is 26.2. The number of nitro benzene ring substituents is 1. The molecular weight excluding hydrogens is 418 g/mol. The highest BCUT2D eigenvalue weighted by Gasteiger charge is 2.21. The molecule has 0 aliphatic heterocycles. The molecule has 0 radical (unpaired) electrons. The number of fused-ring (bicyclic) bond motifs is 1. The standard InChI is InChI=1S/C25H19N5O3/c1-15-26-14-22(27-15)17-8-5-9-18(12-17)28-24(16-6-3-2-4-7-16)23-20-13-19(30(32)33)10-11-21(20)29-25(23)31/h2-14,29,31H,1H3,(H,26,27). The van der Waals surface area contributed by atoms with E-state index in [1.54, 1.807) is 12.3 Å².